The first-order chi connectivity index (χ1) is 10.1. The van der Waals surface area contributed by atoms with Crippen LogP contribution in [0.1, 0.15) is 10.5 Å². The average Bonchev–Trinajstić information content (AvgIpc) is 2.90. The molecular formula is C12H10N6O3. The fourth-order valence-corrected chi connectivity index (χ4v) is 1.98. The number of rotatable bonds is 2. The van der Waals surface area contributed by atoms with Gasteiger partial charge in [-0.2, -0.15) is 5.10 Å². The smallest absolute Gasteiger partial charge is 0.273 e. The Morgan fingerprint density at radius 3 is 2.67 bits per heavy atom. The molecule has 0 radical (unpaired) electrons. The normalized spacial score (nSPS) is 10.7. The van der Waals surface area contributed by atoms with E-state index in [2.05, 4.69) is 25.7 Å². The molecule has 0 unspecified atom stereocenters. The summed E-state index contributed by atoms with van der Waals surface area (Å²) >= 11 is 0. The van der Waals surface area contributed by atoms with E-state index in [1.165, 1.54) is 18.2 Å². The van der Waals surface area contributed by atoms with E-state index in [0.29, 0.717) is 0 Å². The number of hydrogen-bond acceptors (Lipinski definition) is 5. The first kappa shape index (κ1) is 12.7. The molecule has 21 heavy (non-hydrogen) atoms. The summed E-state index contributed by atoms with van der Waals surface area (Å²) in [5.74, 6) is -0.348. The zero-order valence-electron chi connectivity index (χ0n) is 10.6. The van der Waals surface area contributed by atoms with E-state index >= 15 is 0 Å². The average molecular weight is 286 g/mol. The largest absolute Gasteiger partial charge is 0.382 e. The Morgan fingerprint density at radius 2 is 1.95 bits per heavy atom. The van der Waals surface area contributed by atoms with Crippen molar-refractivity contribution in [3.8, 4) is 0 Å². The maximum absolute atomic E-state index is 12.0. The predicted molar refractivity (Wildman–Crippen MR) is 76.1 cm³/mol. The number of anilines is 2. The van der Waals surface area contributed by atoms with Gasteiger partial charge in [0, 0.05) is 6.07 Å². The van der Waals surface area contributed by atoms with Gasteiger partial charge in [0.25, 0.3) is 17.0 Å². The van der Waals surface area contributed by atoms with Crippen molar-refractivity contribution < 1.29 is 4.79 Å². The molecule has 1 amide bonds. The Labute approximate surface area is 116 Å². The third-order valence-corrected chi connectivity index (χ3v) is 2.92. The molecule has 0 bridgehead atoms. The molecule has 0 aliphatic rings. The fourth-order valence-electron chi connectivity index (χ4n) is 1.98. The number of carbonyl (C=O) groups excluding carboxylic acids is 1. The topological polar surface area (TPSA) is 150 Å². The van der Waals surface area contributed by atoms with Crippen LogP contribution < -0.4 is 22.2 Å². The molecule has 6 N–H and O–H groups in total. The van der Waals surface area contributed by atoms with Crippen LogP contribution in [0.4, 0.5) is 11.5 Å². The van der Waals surface area contributed by atoms with Gasteiger partial charge in [0.15, 0.2) is 0 Å². The monoisotopic (exact) mass is 286 g/mol. The molecule has 106 valence electrons. The summed E-state index contributed by atoms with van der Waals surface area (Å²) in [5.41, 5.74) is 4.82. The predicted octanol–water partition coefficient (Wildman–Crippen LogP) is -0.226. The van der Waals surface area contributed by atoms with Gasteiger partial charge in [-0.3, -0.25) is 29.7 Å². The van der Waals surface area contributed by atoms with E-state index < -0.39 is 17.0 Å². The lowest BCUT2D eigenvalue weighted by Crippen LogP contribution is -2.21. The number of carbonyl (C=O) groups is 1. The molecule has 0 aliphatic carbocycles. The summed E-state index contributed by atoms with van der Waals surface area (Å²) in [6, 6.07) is 5.94. The maximum atomic E-state index is 12.0. The first-order valence-corrected chi connectivity index (χ1v) is 5.92. The van der Waals surface area contributed by atoms with Crippen LogP contribution in [0, 0.1) is 0 Å². The number of aromatic amines is 3. The third kappa shape index (κ3) is 2.16. The van der Waals surface area contributed by atoms with Crippen LogP contribution in [0.15, 0.2) is 33.9 Å². The number of aromatic nitrogens is 4. The van der Waals surface area contributed by atoms with Crippen molar-refractivity contribution in [1.82, 2.24) is 20.4 Å². The van der Waals surface area contributed by atoms with Gasteiger partial charge in [0.2, 0.25) is 0 Å². The zero-order chi connectivity index (χ0) is 15.0. The first-order valence-electron chi connectivity index (χ1n) is 5.92. The van der Waals surface area contributed by atoms with Crippen LogP contribution in [-0.4, -0.2) is 26.3 Å². The van der Waals surface area contributed by atoms with Gasteiger partial charge in [0.1, 0.15) is 11.5 Å². The van der Waals surface area contributed by atoms with Crippen molar-refractivity contribution in [3.63, 3.8) is 0 Å². The standard InChI is InChI=1S/C12H10N6O3/c13-8-4-7(15-16-8)11(20)14-6-3-1-2-5-9(6)12(21)18-17-10(5)19/h1-4H,(H,14,20)(H,17,19)(H,18,21)(H3,13,15,16). The molecule has 9 nitrogen and oxygen atoms in total. The molecule has 3 aromatic rings. The second-order valence-corrected chi connectivity index (χ2v) is 4.30. The quantitative estimate of drug-likeness (QED) is 0.441. The Bertz CT molecular complexity index is 951. The van der Waals surface area contributed by atoms with Crippen molar-refractivity contribution in [2.45, 2.75) is 0 Å². The van der Waals surface area contributed by atoms with Crippen LogP contribution >= 0.6 is 0 Å². The van der Waals surface area contributed by atoms with Crippen LogP contribution in [0.2, 0.25) is 0 Å². The van der Waals surface area contributed by atoms with Gasteiger partial charge < -0.3 is 11.1 Å². The molecule has 0 saturated carbocycles. The number of hydrogen-bond donors (Lipinski definition) is 5. The van der Waals surface area contributed by atoms with Gasteiger partial charge in [-0.05, 0) is 12.1 Å². The minimum absolute atomic E-state index is 0.0992. The Hall–Kier alpha value is -3.36. The van der Waals surface area contributed by atoms with Gasteiger partial charge in [-0.1, -0.05) is 6.07 Å². The number of fused-ring (bicyclic) bond motifs is 1. The van der Waals surface area contributed by atoms with E-state index in [1.54, 1.807) is 6.07 Å². The summed E-state index contributed by atoms with van der Waals surface area (Å²) in [6.07, 6.45) is 0. The zero-order valence-corrected chi connectivity index (χ0v) is 10.6. The summed E-state index contributed by atoms with van der Waals surface area (Å²) in [4.78, 5) is 35.6. The van der Waals surface area contributed by atoms with Crippen molar-refractivity contribution in [2.75, 3.05) is 11.1 Å². The Morgan fingerprint density at radius 1 is 1.19 bits per heavy atom. The van der Waals surface area contributed by atoms with Crippen LogP contribution in [0.3, 0.4) is 0 Å². The van der Waals surface area contributed by atoms with Gasteiger partial charge in [0.05, 0.1) is 16.5 Å². The van der Waals surface area contributed by atoms with Gasteiger partial charge in [-0.15, -0.1) is 0 Å². The molecule has 3 rings (SSSR count). The number of nitrogens with two attached hydrogens (primary N) is 1. The number of amides is 1. The van der Waals surface area contributed by atoms with E-state index in [1.807, 2.05) is 0 Å². The van der Waals surface area contributed by atoms with Crippen LogP contribution in [0.5, 0.6) is 0 Å². The molecule has 0 saturated heterocycles. The second-order valence-electron chi connectivity index (χ2n) is 4.30. The summed E-state index contributed by atoms with van der Waals surface area (Å²) in [7, 11) is 0. The van der Waals surface area contributed by atoms with Gasteiger partial charge >= 0.3 is 0 Å². The molecule has 2 aromatic heterocycles. The lowest BCUT2D eigenvalue weighted by molar-refractivity contribution is 0.102. The maximum Gasteiger partial charge on any atom is 0.273 e. The van der Waals surface area contributed by atoms with Crippen LogP contribution in [-0.2, 0) is 0 Å². The van der Waals surface area contributed by atoms with Crippen molar-refractivity contribution in [3.05, 3.63) is 50.7 Å². The number of nitrogens with zero attached hydrogens (tertiary/aromatic N) is 1. The SMILES string of the molecule is Nc1cc(C(=O)Nc2cccc3c(=O)[nH][nH]c(=O)c23)[nH]n1. The minimum atomic E-state index is -0.522. The highest BCUT2D eigenvalue weighted by Crippen LogP contribution is 2.17. The Kier molecular flexibility index (Phi) is 2.79. The summed E-state index contributed by atoms with van der Waals surface area (Å²) in [5, 5.41) is 13.4. The fraction of sp³-hybridized carbons (Fsp3) is 0. The van der Waals surface area contributed by atoms with E-state index in [0.717, 1.165) is 0 Å². The molecule has 9 heteroatoms. The third-order valence-electron chi connectivity index (χ3n) is 2.92. The highest BCUT2D eigenvalue weighted by molar-refractivity contribution is 6.08. The Balaban J connectivity index is 2.09. The number of H-pyrrole nitrogens is 3. The highest BCUT2D eigenvalue weighted by Gasteiger charge is 2.13. The van der Waals surface area contributed by atoms with E-state index in [4.69, 9.17) is 5.73 Å². The lowest BCUT2D eigenvalue weighted by atomic mass is 10.1. The molecule has 0 fully saturated rings. The molecule has 0 spiro atoms. The minimum Gasteiger partial charge on any atom is -0.382 e. The number of benzene rings is 1. The van der Waals surface area contributed by atoms with E-state index in [-0.39, 0.29) is 28.0 Å². The lowest BCUT2D eigenvalue weighted by Gasteiger charge is -2.06. The molecule has 1 aromatic carbocycles. The van der Waals surface area contributed by atoms with Crippen molar-refractivity contribution in [2.24, 2.45) is 0 Å². The van der Waals surface area contributed by atoms with E-state index in [9.17, 15) is 14.4 Å². The molecule has 0 aliphatic heterocycles. The number of nitrogen functional groups attached to an aromatic ring is 1. The van der Waals surface area contributed by atoms with Gasteiger partial charge in [-0.25, -0.2) is 0 Å². The highest BCUT2D eigenvalue weighted by atomic mass is 16.2. The summed E-state index contributed by atoms with van der Waals surface area (Å²) in [6.45, 7) is 0. The molecule has 0 atom stereocenters. The number of nitrogens with one attached hydrogen (secondary N) is 4. The molecule has 2 heterocycles. The summed E-state index contributed by atoms with van der Waals surface area (Å²) < 4.78 is 0. The van der Waals surface area contributed by atoms with Crippen molar-refractivity contribution in [1.29, 1.82) is 0 Å². The molecular weight excluding hydrogens is 276 g/mol. The van der Waals surface area contributed by atoms with Crippen molar-refractivity contribution >= 4 is 28.2 Å². The van der Waals surface area contributed by atoms with Crippen LogP contribution in [0.25, 0.3) is 10.8 Å². The second kappa shape index (κ2) is 4.63.